The first kappa shape index (κ1) is 12.8. The Morgan fingerprint density at radius 2 is 2.21 bits per heavy atom. The van der Waals surface area contributed by atoms with Crippen LogP contribution in [0.2, 0.25) is 0 Å². The molecule has 4 nitrogen and oxygen atoms in total. The number of nitrogens with zero attached hydrogens (tertiary/aromatic N) is 2. The summed E-state index contributed by atoms with van der Waals surface area (Å²) in [5.41, 5.74) is 0.886. The van der Waals surface area contributed by atoms with Crippen LogP contribution in [-0.4, -0.2) is 42.0 Å². The van der Waals surface area contributed by atoms with Crippen molar-refractivity contribution in [1.29, 1.82) is 0 Å². The number of carbonyl (C=O) groups excluding carboxylic acids is 1. The number of hydrogen-bond acceptors (Lipinski definition) is 5. The third-order valence-corrected chi connectivity index (χ3v) is 5.02. The first-order valence-electron chi connectivity index (χ1n) is 6.30. The molecule has 0 spiro atoms. The van der Waals surface area contributed by atoms with Gasteiger partial charge in [0.1, 0.15) is 5.01 Å². The minimum Gasteiger partial charge on any atom is -0.340 e. The van der Waals surface area contributed by atoms with Crippen molar-refractivity contribution in [1.82, 2.24) is 15.2 Å². The molecular formula is C13H15N3OS2. The summed E-state index contributed by atoms with van der Waals surface area (Å²) in [7, 11) is 0. The number of piperazine rings is 1. The van der Waals surface area contributed by atoms with E-state index in [-0.39, 0.29) is 5.91 Å². The van der Waals surface area contributed by atoms with Crippen molar-refractivity contribution < 1.29 is 4.79 Å². The van der Waals surface area contributed by atoms with Crippen LogP contribution >= 0.6 is 22.7 Å². The second-order valence-corrected chi connectivity index (χ2v) is 6.23. The molecule has 1 aliphatic heterocycles. The average molecular weight is 293 g/mol. The maximum Gasteiger partial charge on any atom is 0.228 e. The average Bonchev–Trinajstić information content (AvgIpc) is 3.10. The largest absolute Gasteiger partial charge is 0.340 e. The number of thiophene rings is 1. The number of rotatable bonds is 3. The molecule has 0 radical (unpaired) electrons. The van der Waals surface area contributed by atoms with Crippen LogP contribution in [0.5, 0.6) is 0 Å². The summed E-state index contributed by atoms with van der Waals surface area (Å²) in [5.74, 6) is 0.185. The lowest BCUT2D eigenvalue weighted by molar-refractivity contribution is -0.131. The van der Waals surface area contributed by atoms with Gasteiger partial charge in [0.2, 0.25) is 5.91 Å². The quantitative estimate of drug-likeness (QED) is 0.939. The van der Waals surface area contributed by atoms with Crippen LogP contribution in [0.25, 0.3) is 9.88 Å². The van der Waals surface area contributed by atoms with Crippen molar-refractivity contribution in [2.75, 3.05) is 26.2 Å². The molecule has 100 valence electrons. The minimum absolute atomic E-state index is 0.185. The molecule has 0 atom stereocenters. The van der Waals surface area contributed by atoms with Crippen molar-refractivity contribution in [2.24, 2.45) is 0 Å². The smallest absolute Gasteiger partial charge is 0.228 e. The first-order valence-corrected chi connectivity index (χ1v) is 8.05. The van der Waals surface area contributed by atoms with Gasteiger partial charge in [0.25, 0.3) is 0 Å². The van der Waals surface area contributed by atoms with E-state index in [1.807, 2.05) is 21.7 Å². The van der Waals surface area contributed by atoms with Crippen LogP contribution in [0.15, 0.2) is 22.9 Å². The van der Waals surface area contributed by atoms with Crippen LogP contribution in [0.4, 0.5) is 0 Å². The lowest BCUT2D eigenvalue weighted by atomic mass is 10.2. The second kappa shape index (κ2) is 5.81. The molecule has 1 N–H and O–H groups in total. The van der Waals surface area contributed by atoms with Crippen LogP contribution in [0, 0.1) is 0 Å². The summed E-state index contributed by atoms with van der Waals surface area (Å²) < 4.78 is 0. The SMILES string of the molecule is O=C(Cc1csc(-c2cccs2)n1)N1CCNCC1. The fourth-order valence-electron chi connectivity index (χ4n) is 2.08. The van der Waals surface area contributed by atoms with E-state index >= 15 is 0 Å². The van der Waals surface area contributed by atoms with Crippen LogP contribution in [0.1, 0.15) is 5.69 Å². The zero-order valence-electron chi connectivity index (χ0n) is 10.5. The molecule has 1 amide bonds. The number of thiazole rings is 1. The highest BCUT2D eigenvalue weighted by Gasteiger charge is 2.17. The summed E-state index contributed by atoms with van der Waals surface area (Å²) in [5, 5.41) is 8.30. The second-order valence-electron chi connectivity index (χ2n) is 4.43. The van der Waals surface area contributed by atoms with Crippen LogP contribution < -0.4 is 5.32 Å². The standard InChI is InChI=1S/C13H15N3OS2/c17-12(16-5-3-14-4-6-16)8-10-9-19-13(15-10)11-2-1-7-18-11/h1-2,7,9,14H,3-6,8H2. The first-order chi connectivity index (χ1) is 9.33. The highest BCUT2D eigenvalue weighted by molar-refractivity contribution is 7.20. The Balaban J connectivity index is 1.65. The minimum atomic E-state index is 0.185. The van der Waals surface area contributed by atoms with E-state index in [1.54, 1.807) is 22.7 Å². The Morgan fingerprint density at radius 3 is 2.95 bits per heavy atom. The molecule has 0 aromatic carbocycles. The summed E-state index contributed by atoms with van der Waals surface area (Å²) in [6, 6.07) is 4.08. The fourth-order valence-corrected chi connectivity index (χ4v) is 3.72. The van der Waals surface area contributed by atoms with Crippen LogP contribution in [-0.2, 0) is 11.2 Å². The van der Waals surface area contributed by atoms with E-state index in [0.717, 1.165) is 36.9 Å². The Kier molecular flexibility index (Phi) is 3.91. The van der Waals surface area contributed by atoms with Gasteiger partial charge >= 0.3 is 0 Å². The zero-order chi connectivity index (χ0) is 13.1. The Morgan fingerprint density at radius 1 is 1.37 bits per heavy atom. The molecule has 2 aromatic heterocycles. The lowest BCUT2D eigenvalue weighted by Gasteiger charge is -2.27. The van der Waals surface area contributed by atoms with Crippen molar-refractivity contribution in [2.45, 2.75) is 6.42 Å². The number of nitrogens with one attached hydrogen (secondary N) is 1. The molecule has 1 saturated heterocycles. The maximum absolute atomic E-state index is 12.1. The molecule has 0 saturated carbocycles. The third-order valence-electron chi connectivity index (χ3n) is 3.09. The van der Waals surface area contributed by atoms with Crippen molar-refractivity contribution in [3.63, 3.8) is 0 Å². The van der Waals surface area contributed by atoms with Crippen molar-refractivity contribution in [3.8, 4) is 9.88 Å². The van der Waals surface area contributed by atoms with E-state index in [4.69, 9.17) is 0 Å². The normalized spacial score (nSPS) is 15.7. The lowest BCUT2D eigenvalue weighted by Crippen LogP contribution is -2.46. The highest BCUT2D eigenvalue weighted by atomic mass is 32.1. The molecule has 6 heteroatoms. The van der Waals surface area contributed by atoms with Gasteiger partial charge in [-0.25, -0.2) is 4.98 Å². The maximum atomic E-state index is 12.1. The number of carbonyl (C=O) groups is 1. The van der Waals surface area contributed by atoms with E-state index in [0.29, 0.717) is 6.42 Å². The predicted octanol–water partition coefficient (Wildman–Crippen LogP) is 1.85. The van der Waals surface area contributed by atoms with E-state index in [9.17, 15) is 4.79 Å². The molecular weight excluding hydrogens is 278 g/mol. The number of aromatic nitrogens is 1. The summed E-state index contributed by atoms with van der Waals surface area (Å²) in [4.78, 5) is 19.8. The molecule has 1 fully saturated rings. The molecule has 0 unspecified atom stereocenters. The molecule has 0 aliphatic carbocycles. The Bertz CT molecular complexity index is 544. The summed E-state index contributed by atoms with van der Waals surface area (Å²) >= 11 is 3.29. The molecule has 3 rings (SSSR count). The van der Waals surface area contributed by atoms with E-state index in [1.165, 1.54) is 4.88 Å². The zero-order valence-corrected chi connectivity index (χ0v) is 12.1. The molecule has 19 heavy (non-hydrogen) atoms. The van der Waals surface area contributed by atoms with Gasteiger partial charge in [0, 0.05) is 31.6 Å². The van der Waals surface area contributed by atoms with Gasteiger partial charge < -0.3 is 10.2 Å². The van der Waals surface area contributed by atoms with Gasteiger partial charge in [0.15, 0.2) is 0 Å². The highest BCUT2D eigenvalue weighted by Crippen LogP contribution is 2.27. The van der Waals surface area contributed by atoms with Crippen molar-refractivity contribution in [3.05, 3.63) is 28.6 Å². The van der Waals surface area contributed by atoms with Crippen LogP contribution in [0.3, 0.4) is 0 Å². The van der Waals surface area contributed by atoms with Gasteiger partial charge in [-0.1, -0.05) is 6.07 Å². The molecule has 2 aromatic rings. The number of amides is 1. The molecule has 3 heterocycles. The van der Waals surface area contributed by atoms with E-state index < -0.39 is 0 Å². The van der Waals surface area contributed by atoms with Crippen molar-refractivity contribution >= 4 is 28.6 Å². The Labute approximate surface area is 120 Å². The Hall–Kier alpha value is -1.24. The van der Waals surface area contributed by atoms with Gasteiger partial charge in [-0.3, -0.25) is 4.79 Å². The third kappa shape index (κ3) is 3.02. The van der Waals surface area contributed by atoms with Gasteiger partial charge in [0.05, 0.1) is 17.0 Å². The van der Waals surface area contributed by atoms with E-state index in [2.05, 4.69) is 16.4 Å². The molecule has 1 aliphatic rings. The summed E-state index contributed by atoms with van der Waals surface area (Å²) in [6.45, 7) is 3.40. The number of hydrogen-bond donors (Lipinski definition) is 1. The summed E-state index contributed by atoms with van der Waals surface area (Å²) in [6.07, 6.45) is 0.419. The van der Waals surface area contributed by atoms with Gasteiger partial charge in [-0.15, -0.1) is 22.7 Å². The molecule has 0 bridgehead atoms. The van der Waals surface area contributed by atoms with Gasteiger partial charge in [-0.2, -0.15) is 0 Å². The fraction of sp³-hybridized carbons (Fsp3) is 0.385. The predicted molar refractivity (Wildman–Crippen MR) is 78.6 cm³/mol. The van der Waals surface area contributed by atoms with Gasteiger partial charge in [-0.05, 0) is 11.4 Å². The monoisotopic (exact) mass is 293 g/mol. The topological polar surface area (TPSA) is 45.2 Å².